The zero-order valence-corrected chi connectivity index (χ0v) is 14.0. The molecule has 0 N–H and O–H groups in total. The van der Waals surface area contributed by atoms with E-state index in [1.54, 1.807) is 0 Å². The molecule has 0 unspecified atom stereocenters. The number of rotatable bonds is 1. The van der Waals surface area contributed by atoms with Crippen LogP contribution in [0, 0.1) is 6.92 Å². The van der Waals surface area contributed by atoms with Crippen molar-refractivity contribution in [2.75, 3.05) is 0 Å². The first-order chi connectivity index (χ1) is 10.8. The van der Waals surface area contributed by atoms with Crippen molar-refractivity contribution in [2.45, 2.75) is 27.7 Å². The van der Waals surface area contributed by atoms with Crippen LogP contribution in [0.15, 0.2) is 41.0 Å². The quantitative estimate of drug-likeness (QED) is 0.459. The molecular weight excluding hydrogens is 290 g/mol. The predicted molar refractivity (Wildman–Crippen MR) is 89.7 cm³/mol. The van der Waals surface area contributed by atoms with E-state index in [9.17, 15) is 9.59 Å². The smallest absolute Gasteiger partial charge is 0.347 e. The van der Waals surface area contributed by atoms with E-state index in [2.05, 4.69) is 4.57 Å². The number of hydrogen-bond donors (Lipinski definition) is 0. The molecule has 0 atom stereocenters. The van der Waals surface area contributed by atoms with Gasteiger partial charge in [-0.05, 0) is 39.3 Å². The third-order valence-corrected chi connectivity index (χ3v) is 4.49. The Bertz CT molecular complexity index is 921. The second-order valence-electron chi connectivity index (χ2n) is 6.09. The fraction of sp³-hybridized carbons (Fsp3) is 0.263. The van der Waals surface area contributed by atoms with Gasteiger partial charge in [-0.1, -0.05) is 23.8 Å². The number of ether oxygens (including phenoxy) is 1. The Balaban J connectivity index is 2.39. The van der Waals surface area contributed by atoms with Crippen molar-refractivity contribution in [2.24, 2.45) is 7.05 Å². The molecule has 1 aromatic heterocycles. The predicted octanol–water partition coefficient (Wildman–Crippen LogP) is 3.68. The van der Waals surface area contributed by atoms with Gasteiger partial charge in [-0.25, -0.2) is 9.59 Å². The molecule has 0 amide bonds. The van der Waals surface area contributed by atoms with Gasteiger partial charge in [0, 0.05) is 29.2 Å². The third-order valence-electron chi connectivity index (χ3n) is 4.49. The Hall–Kier alpha value is -2.62. The SMILES string of the molecule is CC(C)=C1C(=O)OC(=O)/C1=C(/C)c1c(C)n(C)c2ccccc12. The highest BCUT2D eigenvalue weighted by molar-refractivity contribution is 6.22. The molecule has 0 bridgehead atoms. The minimum atomic E-state index is -0.559. The number of carbonyl (C=O) groups is 2. The van der Waals surface area contributed by atoms with Crippen LogP contribution in [-0.2, 0) is 21.4 Å². The molecule has 0 radical (unpaired) electrons. The highest BCUT2D eigenvalue weighted by atomic mass is 16.6. The molecule has 0 saturated carbocycles. The summed E-state index contributed by atoms with van der Waals surface area (Å²) in [5, 5.41) is 1.07. The molecule has 23 heavy (non-hydrogen) atoms. The van der Waals surface area contributed by atoms with Crippen LogP contribution in [0.5, 0.6) is 0 Å². The van der Waals surface area contributed by atoms with Crippen molar-refractivity contribution < 1.29 is 14.3 Å². The van der Waals surface area contributed by atoms with Crippen molar-refractivity contribution in [3.8, 4) is 0 Å². The monoisotopic (exact) mass is 309 g/mol. The minimum absolute atomic E-state index is 0.384. The lowest BCUT2D eigenvalue weighted by Gasteiger charge is -2.07. The average molecular weight is 309 g/mol. The van der Waals surface area contributed by atoms with Crippen LogP contribution in [0.4, 0.5) is 0 Å². The molecule has 2 heterocycles. The minimum Gasteiger partial charge on any atom is -0.386 e. The Labute approximate surface area is 135 Å². The van der Waals surface area contributed by atoms with E-state index in [1.807, 2.05) is 59.0 Å². The summed E-state index contributed by atoms with van der Waals surface area (Å²) >= 11 is 0. The number of cyclic esters (lactones) is 2. The molecule has 0 aliphatic carbocycles. The number of carbonyl (C=O) groups excluding carboxylic acids is 2. The van der Waals surface area contributed by atoms with Crippen LogP contribution in [0.3, 0.4) is 0 Å². The fourth-order valence-electron chi connectivity index (χ4n) is 3.30. The Kier molecular flexibility index (Phi) is 3.48. The van der Waals surface area contributed by atoms with E-state index in [4.69, 9.17) is 4.74 Å². The maximum absolute atomic E-state index is 12.2. The fourth-order valence-corrected chi connectivity index (χ4v) is 3.30. The molecule has 4 nitrogen and oxygen atoms in total. The van der Waals surface area contributed by atoms with Crippen LogP contribution in [0.25, 0.3) is 16.5 Å². The van der Waals surface area contributed by atoms with Crippen LogP contribution in [0.2, 0.25) is 0 Å². The number of fused-ring (bicyclic) bond motifs is 1. The highest BCUT2D eigenvalue weighted by Gasteiger charge is 2.36. The van der Waals surface area contributed by atoms with Crippen molar-refractivity contribution in [1.82, 2.24) is 4.57 Å². The lowest BCUT2D eigenvalue weighted by molar-refractivity contribution is -0.149. The maximum atomic E-state index is 12.2. The summed E-state index contributed by atoms with van der Waals surface area (Å²) < 4.78 is 6.94. The number of aryl methyl sites for hydroxylation is 1. The van der Waals surface area contributed by atoms with Gasteiger partial charge in [-0.2, -0.15) is 0 Å². The summed E-state index contributed by atoms with van der Waals surface area (Å²) in [6, 6.07) is 8.04. The largest absolute Gasteiger partial charge is 0.386 e. The van der Waals surface area contributed by atoms with Crippen LogP contribution in [0.1, 0.15) is 32.0 Å². The number of hydrogen-bond acceptors (Lipinski definition) is 3. The molecular formula is C19H19NO3. The topological polar surface area (TPSA) is 48.3 Å². The molecule has 0 spiro atoms. The summed E-state index contributed by atoms with van der Waals surface area (Å²) in [6.07, 6.45) is 0. The molecule has 118 valence electrons. The Morgan fingerprint density at radius 1 is 1.00 bits per heavy atom. The lowest BCUT2D eigenvalue weighted by Crippen LogP contribution is -2.01. The number of aromatic nitrogens is 1. The molecule has 1 fully saturated rings. The van der Waals surface area contributed by atoms with Crippen LogP contribution in [-0.4, -0.2) is 16.5 Å². The van der Waals surface area contributed by atoms with Gasteiger partial charge in [0.1, 0.15) is 0 Å². The summed E-state index contributed by atoms with van der Waals surface area (Å²) in [5.41, 5.74) is 5.48. The van der Waals surface area contributed by atoms with Gasteiger partial charge >= 0.3 is 11.9 Å². The van der Waals surface area contributed by atoms with Gasteiger partial charge < -0.3 is 9.30 Å². The van der Waals surface area contributed by atoms with E-state index in [0.717, 1.165) is 33.3 Å². The Morgan fingerprint density at radius 2 is 1.61 bits per heavy atom. The van der Waals surface area contributed by atoms with Gasteiger partial charge in [0.15, 0.2) is 0 Å². The second-order valence-corrected chi connectivity index (χ2v) is 6.09. The first-order valence-corrected chi connectivity index (χ1v) is 7.54. The van der Waals surface area contributed by atoms with Crippen molar-refractivity contribution in [3.63, 3.8) is 0 Å². The normalized spacial score (nSPS) is 17.0. The van der Waals surface area contributed by atoms with Crippen molar-refractivity contribution >= 4 is 28.4 Å². The van der Waals surface area contributed by atoms with Gasteiger partial charge in [-0.3, -0.25) is 0 Å². The zero-order chi connectivity index (χ0) is 16.9. The van der Waals surface area contributed by atoms with E-state index in [1.165, 1.54) is 0 Å². The molecule has 1 aliphatic heterocycles. The first-order valence-electron chi connectivity index (χ1n) is 7.54. The van der Waals surface area contributed by atoms with E-state index in [-0.39, 0.29) is 0 Å². The number of nitrogens with zero attached hydrogens (tertiary/aromatic N) is 1. The number of benzene rings is 1. The molecule has 3 rings (SSSR count). The van der Waals surface area contributed by atoms with E-state index in [0.29, 0.717) is 11.1 Å². The molecule has 1 aromatic carbocycles. The van der Waals surface area contributed by atoms with E-state index < -0.39 is 11.9 Å². The van der Waals surface area contributed by atoms with Gasteiger partial charge in [0.05, 0.1) is 11.1 Å². The van der Waals surface area contributed by atoms with Crippen LogP contribution < -0.4 is 0 Å². The number of para-hydroxylation sites is 1. The van der Waals surface area contributed by atoms with Gasteiger partial charge in [0.25, 0.3) is 0 Å². The standard InChI is InChI=1S/C19H19NO3/c1-10(2)15-17(19(22)23-18(15)21)11(3)16-12(4)20(5)14-9-7-6-8-13(14)16/h6-9H,1-5H3/b17-11-. The summed E-state index contributed by atoms with van der Waals surface area (Å²) in [4.78, 5) is 24.2. The number of allylic oxidation sites excluding steroid dienone is 2. The van der Waals surface area contributed by atoms with Gasteiger partial charge in [-0.15, -0.1) is 0 Å². The van der Waals surface area contributed by atoms with Gasteiger partial charge in [0.2, 0.25) is 0 Å². The van der Waals surface area contributed by atoms with Crippen molar-refractivity contribution in [3.05, 3.63) is 52.2 Å². The Morgan fingerprint density at radius 3 is 2.26 bits per heavy atom. The summed E-state index contributed by atoms with van der Waals surface area (Å²) in [6.45, 7) is 7.54. The first kappa shape index (κ1) is 15.3. The zero-order valence-electron chi connectivity index (χ0n) is 14.0. The number of esters is 2. The molecule has 1 saturated heterocycles. The molecule has 1 aliphatic rings. The summed E-state index contributed by atoms with van der Waals surface area (Å²) in [5.74, 6) is -1.11. The maximum Gasteiger partial charge on any atom is 0.347 e. The third kappa shape index (κ3) is 2.13. The van der Waals surface area contributed by atoms with Crippen LogP contribution >= 0.6 is 0 Å². The molecule has 4 heteroatoms. The van der Waals surface area contributed by atoms with Crippen molar-refractivity contribution in [1.29, 1.82) is 0 Å². The highest BCUT2D eigenvalue weighted by Crippen LogP contribution is 2.37. The second kappa shape index (κ2) is 5.23. The van der Waals surface area contributed by atoms with E-state index >= 15 is 0 Å². The molecule has 2 aromatic rings. The summed E-state index contributed by atoms with van der Waals surface area (Å²) in [7, 11) is 2.00. The lowest BCUT2D eigenvalue weighted by atomic mass is 9.93. The average Bonchev–Trinajstić information content (AvgIpc) is 2.93.